The summed E-state index contributed by atoms with van der Waals surface area (Å²) in [6.45, 7) is 0. The predicted octanol–water partition coefficient (Wildman–Crippen LogP) is 2.88. The van der Waals surface area contributed by atoms with Crippen molar-refractivity contribution < 1.29 is 19.1 Å². The molecule has 4 rings (SSSR count). The van der Waals surface area contributed by atoms with Crippen LogP contribution in [-0.4, -0.2) is 35.6 Å². The Labute approximate surface area is 150 Å². The lowest BCUT2D eigenvalue weighted by atomic mass is 9.85. The quantitative estimate of drug-likeness (QED) is 0.569. The summed E-state index contributed by atoms with van der Waals surface area (Å²) in [7, 11) is 4.77. The molecule has 0 N–H and O–H groups in total. The molecule has 1 aliphatic carbocycles. The van der Waals surface area contributed by atoms with Crippen LogP contribution >= 0.6 is 0 Å². The third kappa shape index (κ3) is 2.15. The Bertz CT molecular complexity index is 1070. The van der Waals surface area contributed by atoms with E-state index in [4.69, 9.17) is 9.47 Å². The first-order chi connectivity index (χ1) is 12.6. The molecule has 1 heterocycles. The Kier molecular flexibility index (Phi) is 3.61. The molecule has 0 atom stereocenters. The minimum Gasteiger partial charge on any atom is -0.497 e. The lowest BCUT2D eigenvalue weighted by molar-refractivity contribution is 0.0974. The Hall–Kier alpha value is -3.41. The van der Waals surface area contributed by atoms with Gasteiger partial charge in [-0.2, -0.15) is 5.10 Å². The van der Waals surface area contributed by atoms with Gasteiger partial charge in [-0.05, 0) is 18.2 Å². The fraction of sp³-hybridized carbons (Fsp3) is 0.150. The van der Waals surface area contributed by atoms with Crippen molar-refractivity contribution in [2.24, 2.45) is 7.05 Å². The number of fused-ring (bicyclic) bond motifs is 2. The van der Waals surface area contributed by atoms with E-state index >= 15 is 0 Å². The highest BCUT2D eigenvalue weighted by molar-refractivity contribution is 6.29. The van der Waals surface area contributed by atoms with Gasteiger partial charge in [-0.25, -0.2) is 0 Å². The SMILES string of the molecule is COc1ccc(OC)c(-c2nn(C)c3c2C(=O)c2ccccc2C3=O)c1. The van der Waals surface area contributed by atoms with Gasteiger partial charge in [0.05, 0.1) is 19.8 Å². The topological polar surface area (TPSA) is 70.4 Å². The molecule has 0 saturated carbocycles. The fourth-order valence-corrected chi connectivity index (χ4v) is 3.33. The molecule has 0 aliphatic heterocycles. The highest BCUT2D eigenvalue weighted by atomic mass is 16.5. The number of aryl methyl sites for hydroxylation is 1. The maximum Gasteiger partial charge on any atom is 0.212 e. The third-order valence-corrected chi connectivity index (χ3v) is 4.57. The van der Waals surface area contributed by atoms with Crippen molar-refractivity contribution in [3.63, 3.8) is 0 Å². The average molecular weight is 348 g/mol. The first kappa shape index (κ1) is 16.1. The van der Waals surface area contributed by atoms with E-state index in [1.807, 2.05) is 0 Å². The van der Waals surface area contributed by atoms with Crippen LogP contribution in [0, 0.1) is 0 Å². The number of carbonyl (C=O) groups excluding carboxylic acids is 2. The average Bonchev–Trinajstić information content (AvgIpc) is 3.03. The van der Waals surface area contributed by atoms with Crippen molar-refractivity contribution in [2.75, 3.05) is 14.2 Å². The van der Waals surface area contributed by atoms with Gasteiger partial charge in [-0.3, -0.25) is 14.3 Å². The highest BCUT2D eigenvalue weighted by Crippen LogP contribution is 2.39. The lowest BCUT2D eigenvalue weighted by Crippen LogP contribution is -2.22. The number of aromatic nitrogens is 2. The van der Waals surface area contributed by atoms with Crippen LogP contribution in [0.4, 0.5) is 0 Å². The van der Waals surface area contributed by atoms with Gasteiger partial charge in [0.2, 0.25) is 5.78 Å². The number of rotatable bonds is 3. The minimum atomic E-state index is -0.219. The molecular weight excluding hydrogens is 332 g/mol. The molecule has 3 aromatic rings. The maximum absolute atomic E-state index is 13.1. The van der Waals surface area contributed by atoms with Crippen LogP contribution in [0.3, 0.4) is 0 Å². The van der Waals surface area contributed by atoms with Crippen LogP contribution in [0.2, 0.25) is 0 Å². The van der Waals surface area contributed by atoms with Gasteiger partial charge in [0.25, 0.3) is 0 Å². The normalized spacial score (nSPS) is 12.6. The standard InChI is InChI=1S/C20H16N2O4/c1-22-18-16(19(23)12-6-4-5-7-13(12)20(18)24)17(21-22)14-10-11(25-2)8-9-15(14)26-3/h4-10H,1-3H3. The first-order valence-electron chi connectivity index (χ1n) is 8.04. The van der Waals surface area contributed by atoms with Crippen molar-refractivity contribution >= 4 is 11.6 Å². The van der Waals surface area contributed by atoms with Gasteiger partial charge in [-0.15, -0.1) is 0 Å². The number of ether oxygens (including phenoxy) is 2. The van der Waals surface area contributed by atoms with Gasteiger partial charge in [0.15, 0.2) is 5.78 Å². The zero-order chi connectivity index (χ0) is 18.4. The zero-order valence-electron chi connectivity index (χ0n) is 14.6. The van der Waals surface area contributed by atoms with Crippen LogP contribution in [0.5, 0.6) is 11.5 Å². The summed E-state index contributed by atoms with van der Waals surface area (Å²) in [6, 6.07) is 12.1. The van der Waals surface area contributed by atoms with Crippen LogP contribution in [0.1, 0.15) is 32.0 Å². The van der Waals surface area contributed by atoms with Gasteiger partial charge >= 0.3 is 0 Å². The molecular formula is C20H16N2O4. The van der Waals surface area contributed by atoms with E-state index in [9.17, 15) is 9.59 Å². The van der Waals surface area contributed by atoms with E-state index in [2.05, 4.69) is 5.10 Å². The van der Waals surface area contributed by atoms with Crippen molar-refractivity contribution in [3.8, 4) is 22.8 Å². The number of benzene rings is 2. The summed E-state index contributed by atoms with van der Waals surface area (Å²) < 4.78 is 12.2. The molecule has 26 heavy (non-hydrogen) atoms. The molecule has 1 aromatic heterocycles. The zero-order valence-corrected chi connectivity index (χ0v) is 14.6. The van der Waals surface area contributed by atoms with E-state index in [1.54, 1.807) is 63.7 Å². The number of hydrogen-bond acceptors (Lipinski definition) is 5. The summed E-state index contributed by atoms with van der Waals surface area (Å²) in [6.07, 6.45) is 0. The molecule has 1 aliphatic rings. The van der Waals surface area contributed by atoms with E-state index in [1.165, 1.54) is 4.68 Å². The molecule has 0 spiro atoms. The molecule has 0 fully saturated rings. The molecule has 0 radical (unpaired) electrons. The largest absolute Gasteiger partial charge is 0.497 e. The minimum absolute atomic E-state index is 0.210. The van der Waals surface area contributed by atoms with Crippen LogP contribution in [-0.2, 0) is 7.05 Å². The maximum atomic E-state index is 13.1. The second-order valence-electron chi connectivity index (χ2n) is 5.97. The Morgan fingerprint density at radius 2 is 1.58 bits per heavy atom. The first-order valence-corrected chi connectivity index (χ1v) is 8.04. The fourth-order valence-electron chi connectivity index (χ4n) is 3.33. The van der Waals surface area contributed by atoms with Gasteiger partial charge in [0, 0.05) is 23.7 Å². The molecule has 6 nitrogen and oxygen atoms in total. The number of hydrogen-bond donors (Lipinski definition) is 0. The van der Waals surface area contributed by atoms with Gasteiger partial charge in [-0.1, -0.05) is 24.3 Å². The summed E-state index contributed by atoms with van der Waals surface area (Å²) in [5.74, 6) is 0.725. The second kappa shape index (κ2) is 5.84. The molecule has 0 unspecified atom stereocenters. The molecule has 2 aromatic carbocycles. The number of ketones is 2. The van der Waals surface area contributed by atoms with Crippen molar-refractivity contribution in [2.45, 2.75) is 0 Å². The van der Waals surface area contributed by atoms with Crippen LogP contribution < -0.4 is 9.47 Å². The monoisotopic (exact) mass is 348 g/mol. The van der Waals surface area contributed by atoms with E-state index in [0.717, 1.165) is 0 Å². The molecule has 0 bridgehead atoms. The van der Waals surface area contributed by atoms with E-state index < -0.39 is 0 Å². The third-order valence-electron chi connectivity index (χ3n) is 4.57. The van der Waals surface area contributed by atoms with Gasteiger partial charge in [0.1, 0.15) is 22.9 Å². The molecule has 0 amide bonds. The second-order valence-corrected chi connectivity index (χ2v) is 5.97. The van der Waals surface area contributed by atoms with Crippen LogP contribution in [0.15, 0.2) is 42.5 Å². The van der Waals surface area contributed by atoms with E-state index in [0.29, 0.717) is 39.4 Å². The Morgan fingerprint density at radius 1 is 0.885 bits per heavy atom. The summed E-state index contributed by atoms with van der Waals surface area (Å²) in [5, 5.41) is 4.47. The van der Waals surface area contributed by atoms with Crippen molar-refractivity contribution in [1.29, 1.82) is 0 Å². The molecule has 0 saturated heterocycles. The van der Waals surface area contributed by atoms with Crippen LogP contribution in [0.25, 0.3) is 11.3 Å². The number of carbonyl (C=O) groups is 2. The Balaban J connectivity index is 2.01. The van der Waals surface area contributed by atoms with E-state index in [-0.39, 0.29) is 17.3 Å². The Morgan fingerprint density at radius 3 is 2.23 bits per heavy atom. The van der Waals surface area contributed by atoms with Crippen molar-refractivity contribution in [3.05, 3.63) is 64.8 Å². The highest BCUT2D eigenvalue weighted by Gasteiger charge is 2.36. The van der Waals surface area contributed by atoms with Crippen molar-refractivity contribution in [1.82, 2.24) is 9.78 Å². The smallest absolute Gasteiger partial charge is 0.212 e. The lowest BCUT2D eigenvalue weighted by Gasteiger charge is -2.16. The molecule has 130 valence electrons. The van der Waals surface area contributed by atoms with Gasteiger partial charge < -0.3 is 9.47 Å². The predicted molar refractivity (Wildman–Crippen MR) is 95.1 cm³/mol. The summed E-state index contributed by atoms with van der Waals surface area (Å²) >= 11 is 0. The summed E-state index contributed by atoms with van der Waals surface area (Å²) in [4.78, 5) is 26.1. The summed E-state index contributed by atoms with van der Waals surface area (Å²) in [5.41, 5.74) is 2.38. The molecule has 6 heteroatoms. The number of nitrogens with zero attached hydrogens (tertiary/aromatic N) is 2. The number of methoxy groups -OCH3 is 2.